The average Bonchev–Trinajstić information content (AvgIpc) is 2.77. The maximum Gasteiger partial charge on any atom is 0.261 e. The Labute approximate surface area is 128 Å². The number of nitrogens with one attached hydrogen (secondary N) is 1. The van der Waals surface area contributed by atoms with Gasteiger partial charge in [-0.25, -0.2) is 4.98 Å². The highest BCUT2D eigenvalue weighted by atomic mass is 32.1. The lowest BCUT2D eigenvalue weighted by Crippen LogP contribution is -2.38. The van der Waals surface area contributed by atoms with Crippen LogP contribution in [0.3, 0.4) is 0 Å². The van der Waals surface area contributed by atoms with Crippen molar-refractivity contribution in [1.82, 2.24) is 10.3 Å². The Balaban J connectivity index is 1.91. The molecule has 3 rings (SSSR count). The SMILES string of the molecule is Cc1cc(C)c2c(C)c(C(=O)NC3CCOCC3)sc2n1. The van der Waals surface area contributed by atoms with Crippen LogP contribution in [0.4, 0.5) is 0 Å². The van der Waals surface area contributed by atoms with Crippen molar-refractivity contribution in [2.75, 3.05) is 13.2 Å². The third-order valence-corrected chi connectivity index (χ3v) is 5.17. The number of fused-ring (bicyclic) bond motifs is 1. The van der Waals surface area contributed by atoms with Gasteiger partial charge in [0.25, 0.3) is 5.91 Å². The number of hydrogen-bond acceptors (Lipinski definition) is 4. The Kier molecular flexibility index (Phi) is 3.95. The van der Waals surface area contributed by atoms with Gasteiger partial charge >= 0.3 is 0 Å². The second-order valence-corrected chi connectivity index (χ2v) is 6.68. The number of thiophene rings is 1. The summed E-state index contributed by atoms with van der Waals surface area (Å²) in [6.45, 7) is 7.55. The highest BCUT2D eigenvalue weighted by Crippen LogP contribution is 2.32. The van der Waals surface area contributed by atoms with Crippen molar-refractivity contribution in [2.45, 2.75) is 39.7 Å². The highest BCUT2D eigenvalue weighted by Gasteiger charge is 2.21. The number of pyridine rings is 1. The zero-order valence-electron chi connectivity index (χ0n) is 12.7. The number of aryl methyl sites for hydroxylation is 3. The van der Waals surface area contributed by atoms with E-state index in [-0.39, 0.29) is 11.9 Å². The molecule has 0 atom stereocenters. The van der Waals surface area contributed by atoms with Crippen molar-refractivity contribution in [3.05, 3.63) is 27.8 Å². The van der Waals surface area contributed by atoms with Crippen molar-refractivity contribution in [2.24, 2.45) is 0 Å². The predicted octanol–water partition coefficient (Wildman–Crippen LogP) is 3.13. The summed E-state index contributed by atoms with van der Waals surface area (Å²) in [6.07, 6.45) is 1.79. The Morgan fingerprint density at radius 2 is 2.05 bits per heavy atom. The van der Waals surface area contributed by atoms with Crippen LogP contribution in [0.25, 0.3) is 10.2 Å². The number of aromatic nitrogens is 1. The molecule has 0 aliphatic carbocycles. The van der Waals surface area contributed by atoms with Crippen LogP contribution in [0.1, 0.15) is 39.3 Å². The van der Waals surface area contributed by atoms with E-state index in [1.807, 2.05) is 13.8 Å². The summed E-state index contributed by atoms with van der Waals surface area (Å²) in [5.41, 5.74) is 3.23. The molecule has 1 N–H and O–H groups in total. The van der Waals surface area contributed by atoms with Crippen LogP contribution in [-0.2, 0) is 4.74 Å². The summed E-state index contributed by atoms with van der Waals surface area (Å²) in [5, 5.41) is 4.26. The summed E-state index contributed by atoms with van der Waals surface area (Å²) >= 11 is 1.49. The molecule has 0 unspecified atom stereocenters. The van der Waals surface area contributed by atoms with Gasteiger partial charge in [0.1, 0.15) is 4.83 Å². The first-order chi connectivity index (χ1) is 10.1. The average molecular weight is 304 g/mol. The number of nitrogens with zero attached hydrogens (tertiary/aromatic N) is 1. The Hall–Kier alpha value is -1.46. The van der Waals surface area contributed by atoms with Gasteiger partial charge in [-0.1, -0.05) is 0 Å². The quantitative estimate of drug-likeness (QED) is 0.927. The van der Waals surface area contributed by atoms with E-state index in [1.54, 1.807) is 0 Å². The van der Waals surface area contributed by atoms with Gasteiger partial charge in [0.05, 0.1) is 4.88 Å². The van der Waals surface area contributed by atoms with Gasteiger partial charge in [0.2, 0.25) is 0 Å². The van der Waals surface area contributed by atoms with Gasteiger partial charge in [-0.15, -0.1) is 11.3 Å². The molecule has 4 nitrogen and oxygen atoms in total. The first kappa shape index (κ1) is 14.5. The fourth-order valence-electron chi connectivity index (χ4n) is 2.93. The molecule has 112 valence electrons. The summed E-state index contributed by atoms with van der Waals surface area (Å²) < 4.78 is 5.33. The summed E-state index contributed by atoms with van der Waals surface area (Å²) in [4.78, 5) is 18.8. The van der Waals surface area contributed by atoms with E-state index in [2.05, 4.69) is 23.3 Å². The molecule has 0 radical (unpaired) electrons. The second kappa shape index (κ2) is 5.73. The van der Waals surface area contributed by atoms with Gasteiger partial charge in [-0.2, -0.15) is 0 Å². The molecule has 5 heteroatoms. The molecule has 1 aliphatic rings. The number of amides is 1. The van der Waals surface area contributed by atoms with E-state index >= 15 is 0 Å². The molecule has 3 heterocycles. The number of carbonyl (C=O) groups excluding carboxylic acids is 1. The lowest BCUT2D eigenvalue weighted by atomic mass is 10.1. The second-order valence-electron chi connectivity index (χ2n) is 5.68. The van der Waals surface area contributed by atoms with Gasteiger partial charge < -0.3 is 10.1 Å². The lowest BCUT2D eigenvalue weighted by molar-refractivity contribution is 0.0698. The molecule has 0 saturated carbocycles. The third kappa shape index (κ3) is 2.80. The molecular formula is C16H20N2O2S. The van der Waals surface area contributed by atoms with Gasteiger partial charge in [-0.3, -0.25) is 4.79 Å². The molecule has 2 aromatic heterocycles. The Morgan fingerprint density at radius 3 is 2.76 bits per heavy atom. The molecule has 2 aromatic rings. The molecule has 0 bridgehead atoms. The molecule has 1 aliphatic heterocycles. The Morgan fingerprint density at radius 1 is 1.33 bits per heavy atom. The minimum Gasteiger partial charge on any atom is -0.381 e. The number of ether oxygens (including phenoxy) is 1. The minimum absolute atomic E-state index is 0.0273. The maximum absolute atomic E-state index is 12.5. The van der Waals surface area contributed by atoms with Crippen LogP contribution in [0, 0.1) is 20.8 Å². The predicted molar refractivity (Wildman–Crippen MR) is 85.1 cm³/mol. The first-order valence-corrected chi connectivity index (χ1v) is 8.14. The first-order valence-electron chi connectivity index (χ1n) is 7.32. The summed E-state index contributed by atoms with van der Waals surface area (Å²) in [7, 11) is 0. The molecule has 0 spiro atoms. The Bertz CT molecular complexity index is 687. The molecule has 1 fully saturated rings. The van der Waals surface area contributed by atoms with E-state index in [0.29, 0.717) is 0 Å². The summed E-state index contributed by atoms with van der Waals surface area (Å²) in [6, 6.07) is 2.30. The van der Waals surface area contributed by atoms with Crippen LogP contribution in [0.5, 0.6) is 0 Å². The van der Waals surface area contributed by atoms with E-state index < -0.39 is 0 Å². The normalized spacial score (nSPS) is 16.3. The zero-order chi connectivity index (χ0) is 15.0. The maximum atomic E-state index is 12.5. The van der Waals surface area contributed by atoms with Gasteiger partial charge in [-0.05, 0) is 50.8 Å². The van der Waals surface area contributed by atoms with Crippen molar-refractivity contribution in [3.8, 4) is 0 Å². The minimum atomic E-state index is 0.0273. The smallest absolute Gasteiger partial charge is 0.261 e. The van der Waals surface area contributed by atoms with Crippen LogP contribution in [-0.4, -0.2) is 30.1 Å². The van der Waals surface area contributed by atoms with Crippen LogP contribution in [0.2, 0.25) is 0 Å². The molecule has 21 heavy (non-hydrogen) atoms. The van der Waals surface area contributed by atoms with E-state index in [9.17, 15) is 4.79 Å². The van der Waals surface area contributed by atoms with Crippen molar-refractivity contribution in [1.29, 1.82) is 0 Å². The molecule has 0 aromatic carbocycles. The monoisotopic (exact) mass is 304 g/mol. The van der Waals surface area contributed by atoms with E-state index in [0.717, 1.165) is 52.4 Å². The fraction of sp³-hybridized carbons (Fsp3) is 0.500. The van der Waals surface area contributed by atoms with E-state index in [4.69, 9.17) is 4.74 Å². The topological polar surface area (TPSA) is 51.2 Å². The van der Waals surface area contributed by atoms with Crippen molar-refractivity contribution >= 4 is 27.5 Å². The molecule has 1 saturated heterocycles. The summed E-state index contributed by atoms with van der Waals surface area (Å²) in [5.74, 6) is 0.0273. The van der Waals surface area contributed by atoms with E-state index in [1.165, 1.54) is 16.9 Å². The number of rotatable bonds is 2. The number of hydrogen-bond donors (Lipinski definition) is 1. The fourth-order valence-corrected chi connectivity index (χ4v) is 4.13. The van der Waals surface area contributed by atoms with Crippen LogP contribution >= 0.6 is 11.3 Å². The van der Waals surface area contributed by atoms with Crippen LogP contribution < -0.4 is 5.32 Å². The largest absolute Gasteiger partial charge is 0.381 e. The van der Waals surface area contributed by atoms with Gasteiger partial charge in [0, 0.05) is 30.3 Å². The van der Waals surface area contributed by atoms with Crippen molar-refractivity contribution < 1.29 is 9.53 Å². The molecule has 1 amide bonds. The molecular weight excluding hydrogens is 284 g/mol. The zero-order valence-corrected chi connectivity index (χ0v) is 13.5. The number of carbonyl (C=O) groups is 1. The highest BCUT2D eigenvalue weighted by molar-refractivity contribution is 7.20. The third-order valence-electron chi connectivity index (χ3n) is 3.99. The lowest BCUT2D eigenvalue weighted by Gasteiger charge is -2.22. The standard InChI is InChI=1S/C16H20N2O2S/c1-9-8-10(2)17-16-13(9)11(3)14(21-16)15(19)18-12-4-6-20-7-5-12/h8,12H,4-7H2,1-3H3,(H,18,19). The van der Waals surface area contributed by atoms with Crippen molar-refractivity contribution in [3.63, 3.8) is 0 Å². The van der Waals surface area contributed by atoms with Gasteiger partial charge in [0.15, 0.2) is 0 Å². The van der Waals surface area contributed by atoms with Crippen LogP contribution in [0.15, 0.2) is 6.07 Å².